The minimum Gasteiger partial charge on any atom is -0.341 e. The van der Waals surface area contributed by atoms with Crippen LogP contribution in [0.4, 0.5) is 0 Å². The van der Waals surface area contributed by atoms with Crippen molar-refractivity contribution in [3.8, 4) is 0 Å². The molecule has 1 unspecified atom stereocenters. The summed E-state index contributed by atoms with van der Waals surface area (Å²) in [6.07, 6.45) is 3.37. The smallest absolute Gasteiger partial charge is 0.244 e. The highest BCUT2D eigenvalue weighted by atomic mass is 32.1. The molecule has 0 saturated carbocycles. The first-order valence-electron chi connectivity index (χ1n) is 6.63. The summed E-state index contributed by atoms with van der Waals surface area (Å²) in [4.78, 5) is 15.2. The van der Waals surface area contributed by atoms with E-state index in [-0.39, 0.29) is 5.91 Å². The molecule has 1 aliphatic heterocycles. The van der Waals surface area contributed by atoms with E-state index in [4.69, 9.17) is 5.73 Å². The van der Waals surface area contributed by atoms with Crippen LogP contribution in [0.2, 0.25) is 0 Å². The third kappa shape index (κ3) is 2.75. The van der Waals surface area contributed by atoms with Crippen molar-refractivity contribution in [2.75, 3.05) is 13.1 Å². The van der Waals surface area contributed by atoms with Crippen molar-refractivity contribution in [1.29, 1.82) is 0 Å². The molecule has 0 bridgehead atoms. The van der Waals surface area contributed by atoms with Gasteiger partial charge in [-0.15, -0.1) is 11.3 Å². The zero-order valence-electron chi connectivity index (χ0n) is 11.2. The SMILES string of the molecule is CCC1(C)CCN(C(=O)C(N)c2cccs2)CC1. The molecule has 1 atom stereocenters. The summed E-state index contributed by atoms with van der Waals surface area (Å²) in [5.41, 5.74) is 6.44. The summed E-state index contributed by atoms with van der Waals surface area (Å²) < 4.78 is 0. The first-order chi connectivity index (χ1) is 8.56. The van der Waals surface area contributed by atoms with Gasteiger partial charge in [0.2, 0.25) is 5.91 Å². The molecule has 18 heavy (non-hydrogen) atoms. The van der Waals surface area contributed by atoms with Gasteiger partial charge >= 0.3 is 0 Å². The van der Waals surface area contributed by atoms with Gasteiger partial charge in [-0.1, -0.05) is 26.3 Å². The number of nitrogens with zero attached hydrogens (tertiary/aromatic N) is 1. The highest BCUT2D eigenvalue weighted by Crippen LogP contribution is 2.34. The quantitative estimate of drug-likeness (QED) is 0.914. The predicted molar refractivity (Wildman–Crippen MR) is 75.5 cm³/mol. The monoisotopic (exact) mass is 266 g/mol. The summed E-state index contributed by atoms with van der Waals surface area (Å²) in [5.74, 6) is 0.0793. The summed E-state index contributed by atoms with van der Waals surface area (Å²) in [5, 5.41) is 1.97. The van der Waals surface area contributed by atoms with Crippen LogP contribution in [0.25, 0.3) is 0 Å². The summed E-state index contributed by atoms with van der Waals surface area (Å²) >= 11 is 1.56. The van der Waals surface area contributed by atoms with Gasteiger partial charge in [-0.05, 0) is 29.7 Å². The molecule has 2 heterocycles. The molecule has 1 aliphatic rings. The molecule has 1 saturated heterocycles. The number of amides is 1. The minimum absolute atomic E-state index is 0.0793. The Labute approximate surface area is 113 Å². The van der Waals surface area contributed by atoms with E-state index in [0.29, 0.717) is 5.41 Å². The molecule has 1 aromatic rings. The third-order valence-electron chi connectivity index (χ3n) is 4.25. The van der Waals surface area contributed by atoms with Gasteiger partial charge in [0.05, 0.1) is 0 Å². The second-order valence-electron chi connectivity index (χ2n) is 5.48. The molecular formula is C14H22N2OS. The second kappa shape index (κ2) is 5.41. The molecular weight excluding hydrogens is 244 g/mol. The highest BCUT2D eigenvalue weighted by Gasteiger charge is 2.32. The number of hydrogen-bond acceptors (Lipinski definition) is 3. The molecule has 0 spiro atoms. The Morgan fingerprint density at radius 1 is 1.56 bits per heavy atom. The van der Waals surface area contributed by atoms with Gasteiger partial charge < -0.3 is 10.6 Å². The first kappa shape index (κ1) is 13.6. The van der Waals surface area contributed by atoms with Crippen molar-refractivity contribution in [3.05, 3.63) is 22.4 Å². The van der Waals surface area contributed by atoms with Gasteiger partial charge in [0, 0.05) is 18.0 Å². The van der Waals surface area contributed by atoms with Crippen LogP contribution in [0.15, 0.2) is 17.5 Å². The number of nitrogens with two attached hydrogens (primary N) is 1. The van der Waals surface area contributed by atoms with Gasteiger partial charge in [0.25, 0.3) is 0 Å². The van der Waals surface area contributed by atoms with Crippen LogP contribution in [0.1, 0.15) is 44.0 Å². The molecule has 4 heteroatoms. The topological polar surface area (TPSA) is 46.3 Å². The Bertz CT molecular complexity index is 394. The van der Waals surface area contributed by atoms with E-state index < -0.39 is 6.04 Å². The van der Waals surface area contributed by atoms with Crippen molar-refractivity contribution in [2.45, 2.75) is 39.2 Å². The molecule has 1 amide bonds. The number of rotatable bonds is 3. The predicted octanol–water partition coefficient (Wildman–Crippen LogP) is 2.79. The average molecular weight is 266 g/mol. The molecule has 0 aromatic carbocycles. The molecule has 1 fully saturated rings. The number of likely N-dealkylation sites (tertiary alicyclic amines) is 1. The van der Waals surface area contributed by atoms with Crippen LogP contribution in [0.3, 0.4) is 0 Å². The highest BCUT2D eigenvalue weighted by molar-refractivity contribution is 7.10. The van der Waals surface area contributed by atoms with Gasteiger partial charge in [-0.3, -0.25) is 4.79 Å². The third-order valence-corrected chi connectivity index (χ3v) is 5.21. The van der Waals surface area contributed by atoms with E-state index in [9.17, 15) is 4.79 Å². The second-order valence-corrected chi connectivity index (χ2v) is 6.46. The van der Waals surface area contributed by atoms with Crippen molar-refractivity contribution >= 4 is 17.2 Å². The molecule has 2 rings (SSSR count). The zero-order valence-corrected chi connectivity index (χ0v) is 12.0. The molecule has 1 aromatic heterocycles. The lowest BCUT2D eigenvalue weighted by Gasteiger charge is -2.39. The van der Waals surface area contributed by atoms with E-state index in [1.165, 1.54) is 6.42 Å². The Hall–Kier alpha value is -0.870. The lowest BCUT2D eigenvalue weighted by atomic mass is 9.78. The molecule has 100 valence electrons. The Kier molecular flexibility index (Phi) is 4.07. The average Bonchev–Trinajstić information content (AvgIpc) is 2.92. The van der Waals surface area contributed by atoms with Gasteiger partial charge in [0.1, 0.15) is 6.04 Å². The number of thiophene rings is 1. The fourth-order valence-electron chi connectivity index (χ4n) is 2.41. The maximum absolute atomic E-state index is 12.3. The number of piperidine rings is 1. The van der Waals surface area contributed by atoms with Crippen molar-refractivity contribution in [3.63, 3.8) is 0 Å². The van der Waals surface area contributed by atoms with Gasteiger partial charge in [-0.25, -0.2) is 0 Å². The largest absolute Gasteiger partial charge is 0.341 e. The van der Waals surface area contributed by atoms with Crippen LogP contribution < -0.4 is 5.73 Å². The van der Waals surface area contributed by atoms with E-state index >= 15 is 0 Å². The van der Waals surface area contributed by atoms with Gasteiger partial charge in [0.15, 0.2) is 0 Å². The summed E-state index contributed by atoms with van der Waals surface area (Å²) in [6.45, 7) is 6.24. The van der Waals surface area contributed by atoms with E-state index in [1.54, 1.807) is 11.3 Å². The number of hydrogen-bond donors (Lipinski definition) is 1. The molecule has 0 radical (unpaired) electrons. The Morgan fingerprint density at radius 3 is 2.72 bits per heavy atom. The molecule has 2 N–H and O–H groups in total. The molecule has 0 aliphatic carbocycles. The van der Waals surface area contributed by atoms with Crippen LogP contribution in [-0.2, 0) is 4.79 Å². The summed E-state index contributed by atoms with van der Waals surface area (Å²) in [7, 11) is 0. The Morgan fingerprint density at radius 2 is 2.22 bits per heavy atom. The first-order valence-corrected chi connectivity index (χ1v) is 7.51. The maximum atomic E-state index is 12.3. The zero-order chi connectivity index (χ0) is 13.2. The lowest BCUT2D eigenvalue weighted by Crippen LogP contribution is -2.45. The fraction of sp³-hybridized carbons (Fsp3) is 0.643. The molecule has 3 nitrogen and oxygen atoms in total. The van der Waals surface area contributed by atoms with E-state index in [1.807, 2.05) is 22.4 Å². The van der Waals surface area contributed by atoms with E-state index in [2.05, 4.69) is 13.8 Å². The fourth-order valence-corrected chi connectivity index (χ4v) is 3.13. The van der Waals surface area contributed by atoms with Crippen molar-refractivity contribution in [1.82, 2.24) is 4.90 Å². The number of carbonyl (C=O) groups excluding carboxylic acids is 1. The van der Waals surface area contributed by atoms with Crippen LogP contribution in [0, 0.1) is 5.41 Å². The Balaban J connectivity index is 1.96. The van der Waals surface area contributed by atoms with Gasteiger partial charge in [-0.2, -0.15) is 0 Å². The minimum atomic E-state index is -0.476. The number of carbonyl (C=O) groups is 1. The van der Waals surface area contributed by atoms with Crippen LogP contribution in [-0.4, -0.2) is 23.9 Å². The maximum Gasteiger partial charge on any atom is 0.244 e. The van der Waals surface area contributed by atoms with Crippen molar-refractivity contribution < 1.29 is 4.79 Å². The van der Waals surface area contributed by atoms with Crippen molar-refractivity contribution in [2.24, 2.45) is 11.1 Å². The lowest BCUT2D eigenvalue weighted by molar-refractivity contribution is -0.134. The van der Waals surface area contributed by atoms with E-state index in [0.717, 1.165) is 30.8 Å². The normalized spacial score (nSPS) is 20.7. The standard InChI is InChI=1S/C14H22N2OS/c1-3-14(2)6-8-16(9-7-14)13(17)12(15)11-5-4-10-18-11/h4-5,10,12H,3,6-9,15H2,1-2H3. The van der Waals surface area contributed by atoms with Crippen LogP contribution in [0.5, 0.6) is 0 Å². The van der Waals surface area contributed by atoms with Crippen LogP contribution >= 0.6 is 11.3 Å². The summed E-state index contributed by atoms with van der Waals surface area (Å²) in [6, 6.07) is 3.40.